The van der Waals surface area contributed by atoms with E-state index in [2.05, 4.69) is 39.6 Å². The molecule has 0 atom stereocenters. The molecule has 4 heteroatoms. The molecule has 0 spiro atoms. The summed E-state index contributed by atoms with van der Waals surface area (Å²) >= 11 is 0. The average molecular weight is 300 g/mol. The molecule has 0 aliphatic heterocycles. The first-order valence-electron chi connectivity index (χ1n) is 7.53. The van der Waals surface area contributed by atoms with Crippen LogP contribution < -0.4 is 5.43 Å². The lowest BCUT2D eigenvalue weighted by Crippen LogP contribution is -1.94. The van der Waals surface area contributed by atoms with E-state index in [1.165, 1.54) is 5.39 Å². The first-order chi connectivity index (χ1) is 11.3. The molecule has 4 nitrogen and oxygen atoms in total. The SMILES string of the molecule is Cc1[nH]c2ccccc2c1/C=N/Nc1ccc2ccccc2n1. The summed E-state index contributed by atoms with van der Waals surface area (Å²) in [6.45, 7) is 2.05. The number of hydrogen-bond acceptors (Lipinski definition) is 3. The van der Waals surface area contributed by atoms with Crippen molar-refractivity contribution < 1.29 is 0 Å². The Morgan fingerprint density at radius 1 is 1.00 bits per heavy atom. The van der Waals surface area contributed by atoms with E-state index in [4.69, 9.17) is 0 Å². The molecule has 4 aromatic rings. The second-order valence-corrected chi connectivity index (χ2v) is 5.47. The van der Waals surface area contributed by atoms with Gasteiger partial charge in [-0.2, -0.15) is 5.10 Å². The van der Waals surface area contributed by atoms with E-state index >= 15 is 0 Å². The maximum Gasteiger partial charge on any atom is 0.146 e. The molecular formula is C19H16N4. The molecule has 0 radical (unpaired) electrons. The number of nitrogens with zero attached hydrogens (tertiary/aromatic N) is 2. The summed E-state index contributed by atoms with van der Waals surface area (Å²) in [5.74, 6) is 0.734. The second-order valence-electron chi connectivity index (χ2n) is 5.47. The number of aryl methyl sites for hydroxylation is 1. The van der Waals surface area contributed by atoms with Crippen molar-refractivity contribution in [2.24, 2.45) is 5.10 Å². The molecule has 0 saturated heterocycles. The van der Waals surface area contributed by atoms with E-state index in [0.717, 1.165) is 33.5 Å². The number of hydrazone groups is 1. The maximum absolute atomic E-state index is 4.55. The Morgan fingerprint density at radius 2 is 1.83 bits per heavy atom. The van der Waals surface area contributed by atoms with Crippen LogP contribution in [0, 0.1) is 6.92 Å². The molecule has 0 bridgehead atoms. The Labute approximate surface area is 133 Å². The summed E-state index contributed by atoms with van der Waals surface area (Å²) in [5.41, 5.74) is 7.28. The fraction of sp³-hybridized carbons (Fsp3) is 0.0526. The third-order valence-electron chi connectivity index (χ3n) is 3.91. The Hall–Kier alpha value is -3.14. The normalized spacial score (nSPS) is 11.5. The van der Waals surface area contributed by atoms with Gasteiger partial charge < -0.3 is 4.98 Å². The van der Waals surface area contributed by atoms with Crippen molar-refractivity contribution in [2.45, 2.75) is 6.92 Å². The summed E-state index contributed by atoms with van der Waals surface area (Å²) < 4.78 is 0. The van der Waals surface area contributed by atoms with Gasteiger partial charge in [0.1, 0.15) is 5.82 Å². The second kappa shape index (κ2) is 5.57. The number of aromatic nitrogens is 2. The Bertz CT molecular complexity index is 1010. The predicted octanol–water partition coefficient (Wildman–Crippen LogP) is 4.47. The van der Waals surface area contributed by atoms with E-state index in [1.54, 1.807) is 0 Å². The van der Waals surface area contributed by atoms with Gasteiger partial charge in [-0.15, -0.1) is 0 Å². The maximum atomic E-state index is 4.55. The zero-order chi connectivity index (χ0) is 15.6. The molecule has 2 aromatic heterocycles. The smallest absolute Gasteiger partial charge is 0.146 e. The van der Waals surface area contributed by atoms with Gasteiger partial charge in [-0.25, -0.2) is 4.98 Å². The number of para-hydroxylation sites is 2. The van der Waals surface area contributed by atoms with Gasteiger partial charge >= 0.3 is 0 Å². The van der Waals surface area contributed by atoms with Crippen LogP contribution in [0.1, 0.15) is 11.3 Å². The van der Waals surface area contributed by atoms with Crippen LogP contribution in [0.3, 0.4) is 0 Å². The van der Waals surface area contributed by atoms with E-state index in [1.807, 2.05) is 54.7 Å². The van der Waals surface area contributed by atoms with Gasteiger partial charge in [0, 0.05) is 27.5 Å². The zero-order valence-corrected chi connectivity index (χ0v) is 12.7. The minimum atomic E-state index is 0.734. The van der Waals surface area contributed by atoms with Crippen LogP contribution in [0.4, 0.5) is 5.82 Å². The van der Waals surface area contributed by atoms with Gasteiger partial charge in [0.05, 0.1) is 11.7 Å². The minimum absolute atomic E-state index is 0.734. The van der Waals surface area contributed by atoms with Crippen LogP contribution in [0.15, 0.2) is 65.8 Å². The molecule has 2 heterocycles. The number of benzene rings is 2. The molecule has 0 aliphatic rings. The quantitative estimate of drug-likeness (QED) is 0.433. The molecule has 0 fully saturated rings. The molecule has 23 heavy (non-hydrogen) atoms. The largest absolute Gasteiger partial charge is 0.358 e. The lowest BCUT2D eigenvalue weighted by atomic mass is 10.1. The Balaban J connectivity index is 1.61. The summed E-state index contributed by atoms with van der Waals surface area (Å²) in [7, 11) is 0. The third kappa shape index (κ3) is 2.55. The lowest BCUT2D eigenvalue weighted by molar-refractivity contribution is 1.25. The summed E-state index contributed by atoms with van der Waals surface area (Å²) in [5, 5.41) is 6.63. The molecule has 0 aliphatic carbocycles. The molecule has 2 N–H and O–H groups in total. The van der Waals surface area contributed by atoms with Crippen molar-refractivity contribution in [3.05, 3.63) is 71.9 Å². The van der Waals surface area contributed by atoms with Gasteiger partial charge in [-0.1, -0.05) is 36.4 Å². The van der Waals surface area contributed by atoms with Gasteiger partial charge in [-0.3, -0.25) is 5.43 Å². The molecule has 112 valence electrons. The van der Waals surface area contributed by atoms with Crippen molar-refractivity contribution in [3.8, 4) is 0 Å². The van der Waals surface area contributed by atoms with Crippen molar-refractivity contribution in [1.82, 2.24) is 9.97 Å². The predicted molar refractivity (Wildman–Crippen MR) is 96.0 cm³/mol. The van der Waals surface area contributed by atoms with Crippen LogP contribution in [-0.4, -0.2) is 16.2 Å². The number of fused-ring (bicyclic) bond motifs is 2. The summed E-state index contributed by atoms with van der Waals surface area (Å²) in [4.78, 5) is 7.91. The number of hydrogen-bond donors (Lipinski definition) is 2. The number of pyridine rings is 1. The summed E-state index contributed by atoms with van der Waals surface area (Å²) in [6, 6.07) is 20.2. The number of nitrogens with one attached hydrogen (secondary N) is 2. The molecule has 0 amide bonds. The van der Waals surface area contributed by atoms with Crippen molar-refractivity contribution in [3.63, 3.8) is 0 Å². The van der Waals surface area contributed by atoms with Crippen molar-refractivity contribution in [2.75, 3.05) is 5.43 Å². The third-order valence-corrected chi connectivity index (χ3v) is 3.91. The van der Waals surface area contributed by atoms with Gasteiger partial charge in [-0.05, 0) is 31.2 Å². The van der Waals surface area contributed by atoms with Crippen LogP contribution >= 0.6 is 0 Å². The fourth-order valence-electron chi connectivity index (χ4n) is 2.76. The van der Waals surface area contributed by atoms with Crippen LogP contribution in [0.2, 0.25) is 0 Å². The lowest BCUT2D eigenvalue weighted by Gasteiger charge is -2.01. The first kappa shape index (κ1) is 13.5. The fourth-order valence-corrected chi connectivity index (χ4v) is 2.76. The van der Waals surface area contributed by atoms with Gasteiger partial charge in [0.2, 0.25) is 0 Å². The molecule has 0 saturated carbocycles. The highest BCUT2D eigenvalue weighted by molar-refractivity contribution is 6.00. The van der Waals surface area contributed by atoms with E-state index in [9.17, 15) is 0 Å². The Morgan fingerprint density at radius 3 is 2.78 bits per heavy atom. The number of rotatable bonds is 3. The number of anilines is 1. The van der Waals surface area contributed by atoms with Gasteiger partial charge in [0.25, 0.3) is 0 Å². The Kier molecular flexibility index (Phi) is 3.27. The molecular weight excluding hydrogens is 284 g/mol. The van der Waals surface area contributed by atoms with Crippen molar-refractivity contribution in [1.29, 1.82) is 0 Å². The average Bonchev–Trinajstić information content (AvgIpc) is 2.90. The van der Waals surface area contributed by atoms with Crippen LogP contribution in [-0.2, 0) is 0 Å². The summed E-state index contributed by atoms with van der Waals surface area (Å²) in [6.07, 6.45) is 1.84. The number of aromatic amines is 1. The van der Waals surface area contributed by atoms with Crippen molar-refractivity contribution >= 4 is 33.8 Å². The van der Waals surface area contributed by atoms with E-state index in [0.29, 0.717) is 0 Å². The molecule has 4 rings (SSSR count). The van der Waals surface area contributed by atoms with E-state index < -0.39 is 0 Å². The molecule has 0 unspecified atom stereocenters. The monoisotopic (exact) mass is 300 g/mol. The first-order valence-corrected chi connectivity index (χ1v) is 7.53. The van der Waals surface area contributed by atoms with E-state index in [-0.39, 0.29) is 0 Å². The standard InChI is InChI=1S/C19H16N4/c1-13-16(15-7-3-5-9-18(15)21-13)12-20-23-19-11-10-14-6-2-4-8-17(14)22-19/h2-12,21H,1H3,(H,22,23)/b20-12+. The topological polar surface area (TPSA) is 53.1 Å². The molecule has 2 aromatic carbocycles. The highest BCUT2D eigenvalue weighted by atomic mass is 15.3. The minimum Gasteiger partial charge on any atom is -0.358 e. The zero-order valence-electron chi connectivity index (χ0n) is 12.7. The number of H-pyrrole nitrogens is 1. The highest BCUT2D eigenvalue weighted by Crippen LogP contribution is 2.20. The van der Waals surface area contributed by atoms with Crippen LogP contribution in [0.25, 0.3) is 21.8 Å². The van der Waals surface area contributed by atoms with Gasteiger partial charge in [0.15, 0.2) is 0 Å². The van der Waals surface area contributed by atoms with Crippen LogP contribution in [0.5, 0.6) is 0 Å². The highest BCUT2D eigenvalue weighted by Gasteiger charge is 2.05.